The van der Waals surface area contributed by atoms with E-state index in [1.165, 1.54) is 12.0 Å². The lowest BCUT2D eigenvalue weighted by Crippen LogP contribution is -2.44. The van der Waals surface area contributed by atoms with Crippen LogP contribution in [0, 0.1) is 0 Å². The van der Waals surface area contributed by atoms with Gasteiger partial charge in [-0.1, -0.05) is 37.3 Å². The van der Waals surface area contributed by atoms with Gasteiger partial charge in [0.05, 0.1) is 12.6 Å². The monoisotopic (exact) mass is 341 g/mol. The van der Waals surface area contributed by atoms with Crippen LogP contribution in [0.25, 0.3) is 0 Å². The molecule has 0 radical (unpaired) electrons. The SMILES string of the molecule is CCC(C(=O)NCc1nnc2n1CCCC2)N(C)Cc1ccccc1. The standard InChI is InChI=1S/C19H27N5O/c1-3-16(23(2)14-15-9-5-4-6-10-15)19(25)20-13-18-22-21-17-11-7-8-12-24(17)18/h4-6,9-10,16H,3,7-8,11-14H2,1-2H3,(H,20,25). The van der Waals surface area contributed by atoms with Crippen LogP contribution in [0.2, 0.25) is 0 Å². The number of carbonyl (C=O) groups is 1. The number of aryl methyl sites for hydroxylation is 1. The summed E-state index contributed by atoms with van der Waals surface area (Å²) in [6.45, 7) is 4.21. The van der Waals surface area contributed by atoms with E-state index < -0.39 is 0 Å². The summed E-state index contributed by atoms with van der Waals surface area (Å²) < 4.78 is 2.15. The molecule has 0 bridgehead atoms. The summed E-state index contributed by atoms with van der Waals surface area (Å²) in [5.74, 6) is 1.96. The van der Waals surface area contributed by atoms with Gasteiger partial charge in [-0.25, -0.2) is 0 Å². The molecule has 6 heteroatoms. The lowest BCUT2D eigenvalue weighted by molar-refractivity contribution is -0.126. The first-order chi connectivity index (χ1) is 12.2. The molecule has 134 valence electrons. The van der Waals surface area contributed by atoms with Gasteiger partial charge in [0.1, 0.15) is 5.82 Å². The molecule has 0 saturated carbocycles. The number of fused-ring (bicyclic) bond motifs is 1. The lowest BCUT2D eigenvalue weighted by atomic mass is 10.1. The number of rotatable bonds is 7. The molecule has 1 unspecified atom stereocenters. The van der Waals surface area contributed by atoms with Crippen LogP contribution in [0.3, 0.4) is 0 Å². The zero-order valence-corrected chi connectivity index (χ0v) is 15.1. The third kappa shape index (κ3) is 4.25. The van der Waals surface area contributed by atoms with E-state index in [0.717, 1.165) is 44.0 Å². The summed E-state index contributed by atoms with van der Waals surface area (Å²) >= 11 is 0. The Morgan fingerprint density at radius 2 is 2.08 bits per heavy atom. The molecule has 25 heavy (non-hydrogen) atoms. The van der Waals surface area contributed by atoms with Crippen LogP contribution >= 0.6 is 0 Å². The third-order valence-electron chi connectivity index (χ3n) is 4.85. The Morgan fingerprint density at radius 3 is 2.84 bits per heavy atom. The fourth-order valence-electron chi connectivity index (χ4n) is 3.46. The molecule has 1 aliphatic heterocycles. The van der Waals surface area contributed by atoms with Gasteiger partial charge >= 0.3 is 0 Å². The van der Waals surface area contributed by atoms with Crippen molar-refractivity contribution in [3.8, 4) is 0 Å². The second-order valence-electron chi connectivity index (χ2n) is 6.68. The zero-order chi connectivity index (χ0) is 17.6. The molecule has 1 aromatic carbocycles. The highest BCUT2D eigenvalue weighted by molar-refractivity contribution is 5.81. The van der Waals surface area contributed by atoms with E-state index in [9.17, 15) is 4.79 Å². The predicted octanol–water partition coefficient (Wildman–Crippen LogP) is 2.14. The minimum atomic E-state index is -0.149. The maximum Gasteiger partial charge on any atom is 0.237 e. The normalized spacial score (nSPS) is 15.0. The number of aromatic nitrogens is 3. The predicted molar refractivity (Wildman–Crippen MR) is 96.8 cm³/mol. The van der Waals surface area contributed by atoms with Crippen molar-refractivity contribution in [1.29, 1.82) is 0 Å². The molecule has 1 N–H and O–H groups in total. The van der Waals surface area contributed by atoms with Crippen LogP contribution in [-0.4, -0.2) is 38.7 Å². The Kier molecular flexibility index (Phi) is 5.81. The molecule has 2 heterocycles. The molecule has 1 aromatic heterocycles. The molecule has 0 spiro atoms. The van der Waals surface area contributed by atoms with Gasteiger partial charge in [-0.2, -0.15) is 0 Å². The first kappa shape index (κ1) is 17.6. The van der Waals surface area contributed by atoms with Crippen LogP contribution in [0.5, 0.6) is 0 Å². The van der Waals surface area contributed by atoms with Crippen molar-refractivity contribution in [3.05, 3.63) is 47.5 Å². The number of likely N-dealkylation sites (N-methyl/N-ethyl adjacent to an activating group) is 1. The minimum absolute atomic E-state index is 0.0501. The first-order valence-corrected chi connectivity index (χ1v) is 9.12. The summed E-state index contributed by atoms with van der Waals surface area (Å²) in [6, 6.07) is 10.1. The molecule has 3 rings (SSSR count). The van der Waals surface area contributed by atoms with Crippen molar-refractivity contribution in [1.82, 2.24) is 25.0 Å². The van der Waals surface area contributed by atoms with Crippen LogP contribution in [0.1, 0.15) is 43.4 Å². The van der Waals surface area contributed by atoms with Gasteiger partial charge in [0.15, 0.2) is 5.82 Å². The number of hydrogen-bond acceptors (Lipinski definition) is 4. The van der Waals surface area contributed by atoms with E-state index in [1.54, 1.807) is 0 Å². The summed E-state index contributed by atoms with van der Waals surface area (Å²) in [5.41, 5.74) is 1.21. The number of amides is 1. The molecule has 1 atom stereocenters. The van der Waals surface area contributed by atoms with Crippen molar-refractivity contribution in [3.63, 3.8) is 0 Å². The first-order valence-electron chi connectivity index (χ1n) is 9.12. The van der Waals surface area contributed by atoms with E-state index in [0.29, 0.717) is 6.54 Å². The molecule has 6 nitrogen and oxygen atoms in total. The van der Waals surface area contributed by atoms with Gasteiger partial charge in [-0.15, -0.1) is 10.2 Å². The maximum atomic E-state index is 12.7. The summed E-state index contributed by atoms with van der Waals surface area (Å²) in [6.07, 6.45) is 4.08. The highest BCUT2D eigenvalue weighted by atomic mass is 16.2. The lowest BCUT2D eigenvalue weighted by Gasteiger charge is -2.26. The summed E-state index contributed by atoms with van der Waals surface area (Å²) in [5, 5.41) is 11.5. The van der Waals surface area contributed by atoms with Gasteiger partial charge < -0.3 is 9.88 Å². The molecule has 2 aromatic rings. The van der Waals surface area contributed by atoms with E-state index in [4.69, 9.17) is 0 Å². The van der Waals surface area contributed by atoms with Crippen LogP contribution < -0.4 is 5.32 Å². The van der Waals surface area contributed by atoms with Crippen molar-refractivity contribution < 1.29 is 4.79 Å². The zero-order valence-electron chi connectivity index (χ0n) is 15.1. The minimum Gasteiger partial charge on any atom is -0.347 e. The smallest absolute Gasteiger partial charge is 0.237 e. The molecule has 1 aliphatic rings. The van der Waals surface area contributed by atoms with Crippen LogP contribution in [0.15, 0.2) is 30.3 Å². The van der Waals surface area contributed by atoms with E-state index in [1.807, 2.05) is 32.2 Å². The van der Waals surface area contributed by atoms with Gasteiger partial charge in [0, 0.05) is 19.5 Å². The second-order valence-corrected chi connectivity index (χ2v) is 6.68. The Bertz CT molecular complexity index is 697. The Labute approximate surface area is 149 Å². The molecular formula is C19H27N5O. The van der Waals surface area contributed by atoms with Crippen molar-refractivity contribution >= 4 is 5.91 Å². The Balaban J connectivity index is 1.58. The number of nitrogens with zero attached hydrogens (tertiary/aromatic N) is 4. The van der Waals surface area contributed by atoms with Gasteiger partial charge in [-0.05, 0) is 31.9 Å². The molecule has 0 saturated heterocycles. The van der Waals surface area contributed by atoms with Gasteiger partial charge in [-0.3, -0.25) is 9.69 Å². The highest BCUT2D eigenvalue weighted by Gasteiger charge is 2.22. The van der Waals surface area contributed by atoms with Crippen molar-refractivity contribution in [2.24, 2.45) is 0 Å². The van der Waals surface area contributed by atoms with E-state index in [-0.39, 0.29) is 11.9 Å². The highest BCUT2D eigenvalue weighted by Crippen LogP contribution is 2.14. The molecule has 0 fully saturated rings. The Hall–Kier alpha value is -2.21. The average molecular weight is 341 g/mol. The maximum absolute atomic E-state index is 12.7. The average Bonchev–Trinajstić information content (AvgIpc) is 3.04. The fraction of sp³-hybridized carbons (Fsp3) is 0.526. The second kappa shape index (κ2) is 8.25. The molecule has 1 amide bonds. The quantitative estimate of drug-likeness (QED) is 0.838. The van der Waals surface area contributed by atoms with Crippen LogP contribution in [-0.2, 0) is 30.8 Å². The third-order valence-corrected chi connectivity index (χ3v) is 4.85. The summed E-state index contributed by atoms with van der Waals surface area (Å²) in [7, 11) is 2.00. The van der Waals surface area contributed by atoms with Crippen molar-refractivity contribution in [2.75, 3.05) is 7.05 Å². The number of benzene rings is 1. The van der Waals surface area contributed by atoms with Crippen molar-refractivity contribution in [2.45, 2.75) is 58.3 Å². The number of carbonyl (C=O) groups excluding carboxylic acids is 1. The van der Waals surface area contributed by atoms with E-state index >= 15 is 0 Å². The van der Waals surface area contributed by atoms with Crippen LogP contribution in [0.4, 0.5) is 0 Å². The summed E-state index contributed by atoms with van der Waals surface area (Å²) in [4.78, 5) is 14.8. The number of nitrogens with one attached hydrogen (secondary N) is 1. The molecule has 0 aliphatic carbocycles. The largest absolute Gasteiger partial charge is 0.347 e. The fourth-order valence-corrected chi connectivity index (χ4v) is 3.46. The topological polar surface area (TPSA) is 63.1 Å². The molecular weight excluding hydrogens is 314 g/mol. The van der Waals surface area contributed by atoms with Gasteiger partial charge in [0.25, 0.3) is 0 Å². The number of hydrogen-bond donors (Lipinski definition) is 1. The Morgan fingerprint density at radius 1 is 1.28 bits per heavy atom. The van der Waals surface area contributed by atoms with Gasteiger partial charge in [0.2, 0.25) is 5.91 Å². The van der Waals surface area contributed by atoms with E-state index in [2.05, 4.69) is 37.1 Å².